The maximum atomic E-state index is 2.53. The summed E-state index contributed by atoms with van der Waals surface area (Å²) in [6.45, 7) is 0. The van der Waals surface area contributed by atoms with Crippen molar-refractivity contribution in [1.29, 1.82) is 0 Å². The van der Waals surface area contributed by atoms with E-state index in [1.165, 1.54) is 54.6 Å². The monoisotopic (exact) mass is 892 g/mol. The molecule has 14 rings (SSSR count). The number of hydrogen-bond donors (Lipinski definition) is 0. The van der Waals surface area contributed by atoms with E-state index in [2.05, 4.69) is 287 Å². The molecule has 0 bridgehead atoms. The number of benzene rings is 12. The molecule has 0 radical (unpaired) electrons. The van der Waals surface area contributed by atoms with Crippen LogP contribution in [-0.4, -0.2) is 0 Å². The van der Waals surface area contributed by atoms with Gasteiger partial charge in [-0.2, -0.15) is 0 Å². The topological polar surface area (TPSA) is 13.0 Å². The van der Waals surface area contributed by atoms with Crippen LogP contribution in [-0.2, 0) is 0 Å². The molecular weight excluding hydrogens is 849 g/mol. The molecule has 0 unspecified atom stereocenters. The second-order valence-electron chi connectivity index (χ2n) is 18.1. The van der Waals surface area contributed by atoms with Gasteiger partial charge in [0.15, 0.2) is 0 Å². The van der Waals surface area contributed by atoms with Gasteiger partial charge in [0.25, 0.3) is 0 Å². The molecule has 4 heteroatoms. The second kappa shape index (κ2) is 16.2. The van der Waals surface area contributed by atoms with E-state index in [0.717, 1.165) is 68.2 Å². The zero-order valence-corrected chi connectivity index (χ0v) is 38.2. The Balaban J connectivity index is 1.05. The van der Waals surface area contributed by atoms with Gasteiger partial charge in [-0.1, -0.05) is 170 Å². The molecule has 328 valence electrons. The van der Waals surface area contributed by atoms with Gasteiger partial charge in [0, 0.05) is 66.8 Å². The van der Waals surface area contributed by atoms with Crippen LogP contribution in [0.25, 0.3) is 54.6 Å². The van der Waals surface area contributed by atoms with Gasteiger partial charge >= 0.3 is 0 Å². The van der Waals surface area contributed by atoms with Crippen molar-refractivity contribution in [2.24, 2.45) is 0 Å². The Hall–Kier alpha value is -9.38. The second-order valence-corrected chi connectivity index (χ2v) is 18.1. The highest BCUT2D eigenvalue weighted by Crippen LogP contribution is 2.61. The van der Waals surface area contributed by atoms with E-state index in [1.54, 1.807) is 0 Å². The fourth-order valence-electron chi connectivity index (χ4n) is 11.2. The summed E-state index contributed by atoms with van der Waals surface area (Å²) in [5.74, 6) is 0. The Bertz CT molecular complexity index is 3620. The lowest BCUT2D eigenvalue weighted by atomic mass is 9.83. The summed E-state index contributed by atoms with van der Waals surface area (Å²) in [6.07, 6.45) is 0. The van der Waals surface area contributed by atoms with E-state index in [1.807, 2.05) is 0 Å². The fourth-order valence-corrected chi connectivity index (χ4v) is 11.2. The van der Waals surface area contributed by atoms with Crippen LogP contribution in [0.4, 0.5) is 68.2 Å². The van der Waals surface area contributed by atoms with Crippen molar-refractivity contribution in [3.05, 3.63) is 267 Å². The molecule has 0 saturated heterocycles. The highest BCUT2D eigenvalue weighted by molar-refractivity contribution is 6.26. The van der Waals surface area contributed by atoms with Crippen molar-refractivity contribution in [3.63, 3.8) is 0 Å². The van der Waals surface area contributed by atoms with Crippen LogP contribution in [0, 0.1) is 0 Å². The summed E-state index contributed by atoms with van der Waals surface area (Å²) in [6, 6.07) is 97.3. The number of para-hydroxylation sites is 4. The summed E-state index contributed by atoms with van der Waals surface area (Å²) in [7, 11) is 0. The highest BCUT2D eigenvalue weighted by atomic mass is 15.2. The largest absolute Gasteiger partial charge is 0.310 e. The van der Waals surface area contributed by atoms with Gasteiger partial charge < -0.3 is 19.6 Å². The first-order chi connectivity index (χ1) is 34.8. The van der Waals surface area contributed by atoms with Crippen LogP contribution >= 0.6 is 0 Å². The lowest BCUT2D eigenvalue weighted by Crippen LogP contribution is -2.20. The zero-order valence-electron chi connectivity index (χ0n) is 38.2. The van der Waals surface area contributed by atoms with E-state index >= 15 is 0 Å². The molecule has 0 amide bonds. The molecule has 4 nitrogen and oxygen atoms in total. The van der Waals surface area contributed by atoms with Crippen LogP contribution in [0.3, 0.4) is 0 Å². The van der Waals surface area contributed by atoms with Gasteiger partial charge in [-0.15, -0.1) is 0 Å². The first-order valence-corrected chi connectivity index (χ1v) is 24.0. The maximum Gasteiger partial charge on any atom is 0.0561 e. The Morgan fingerprint density at radius 2 is 0.543 bits per heavy atom. The average Bonchev–Trinajstić information content (AvgIpc) is 3.43. The smallest absolute Gasteiger partial charge is 0.0561 e. The first kappa shape index (κ1) is 39.8. The maximum absolute atomic E-state index is 2.53. The average molecular weight is 893 g/mol. The van der Waals surface area contributed by atoms with Crippen LogP contribution in [0.2, 0.25) is 0 Å². The number of fused-ring (bicyclic) bond motifs is 6. The van der Waals surface area contributed by atoms with Crippen molar-refractivity contribution < 1.29 is 0 Å². The third kappa shape index (κ3) is 6.24. The van der Waals surface area contributed by atoms with Crippen LogP contribution in [0.5, 0.6) is 0 Å². The third-order valence-corrected chi connectivity index (χ3v) is 14.2. The number of hydrogen-bond acceptors (Lipinski definition) is 4. The molecule has 0 aromatic heterocycles. The molecule has 2 heterocycles. The van der Waals surface area contributed by atoms with Crippen molar-refractivity contribution in [2.45, 2.75) is 0 Å². The molecule has 2 aliphatic heterocycles. The molecule has 0 fully saturated rings. The minimum Gasteiger partial charge on any atom is -0.310 e. The van der Waals surface area contributed by atoms with Gasteiger partial charge in [-0.3, -0.25) is 0 Å². The standard InChI is InChI=1S/C66H44N4/c1-5-23-47(24-6-1)67(48-25-7-2-8-26-48)51-35-37-55-57-39-40-58-56-38-36-52(68(49-27-9-3-10-28-49)50-29-11-4-12-30-50)44-64(56)70(60-34-18-22-46-20-14-16-32-54(46)60)62-42-41-61(65(57)66(58)62)69(63(55)43-51)59-33-17-21-45-19-13-15-31-53(45)59/h1-44H. The number of rotatable bonds is 8. The predicted molar refractivity (Wildman–Crippen MR) is 296 cm³/mol. The van der Waals surface area contributed by atoms with E-state index in [-0.39, 0.29) is 0 Å². The predicted octanol–water partition coefficient (Wildman–Crippen LogP) is 19.0. The summed E-state index contributed by atoms with van der Waals surface area (Å²) >= 11 is 0. The molecule has 0 aliphatic carbocycles. The van der Waals surface area contributed by atoms with Crippen molar-refractivity contribution in [3.8, 4) is 22.3 Å². The summed E-state index contributed by atoms with van der Waals surface area (Å²) in [4.78, 5) is 9.79. The highest BCUT2D eigenvalue weighted by Gasteiger charge is 2.35. The molecule has 12 aromatic carbocycles. The quantitative estimate of drug-likeness (QED) is 0.151. The minimum absolute atomic E-state index is 1.09. The Morgan fingerprint density at radius 3 is 0.929 bits per heavy atom. The van der Waals surface area contributed by atoms with Gasteiger partial charge in [0.2, 0.25) is 0 Å². The molecule has 70 heavy (non-hydrogen) atoms. The van der Waals surface area contributed by atoms with Crippen molar-refractivity contribution in [2.75, 3.05) is 19.6 Å². The summed E-state index contributed by atoms with van der Waals surface area (Å²) < 4.78 is 0. The fraction of sp³-hybridized carbons (Fsp3) is 0. The van der Waals surface area contributed by atoms with E-state index in [4.69, 9.17) is 0 Å². The van der Waals surface area contributed by atoms with Crippen molar-refractivity contribution >= 4 is 101 Å². The van der Waals surface area contributed by atoms with Crippen LogP contribution in [0.1, 0.15) is 0 Å². The Morgan fingerprint density at radius 1 is 0.214 bits per heavy atom. The Kier molecular flexibility index (Phi) is 9.17. The lowest BCUT2D eigenvalue weighted by Gasteiger charge is -2.40. The van der Waals surface area contributed by atoms with E-state index in [9.17, 15) is 0 Å². The SMILES string of the molecule is c1ccc(N(c2ccccc2)c2ccc3c(c2)N(c2cccc4ccccc24)c2ccc4c5c(ccc-3c25)-c2ccc(N(c3ccccc3)c3ccccc3)cc2N4c2cccc3ccccc23)cc1. The van der Waals surface area contributed by atoms with Gasteiger partial charge in [0.05, 0.1) is 34.1 Å². The number of anilines is 12. The van der Waals surface area contributed by atoms with Crippen LogP contribution < -0.4 is 19.6 Å². The molecule has 0 N–H and O–H groups in total. The van der Waals surface area contributed by atoms with Gasteiger partial charge in [-0.25, -0.2) is 0 Å². The van der Waals surface area contributed by atoms with E-state index in [0.29, 0.717) is 0 Å². The third-order valence-electron chi connectivity index (χ3n) is 14.2. The molecule has 12 aromatic rings. The van der Waals surface area contributed by atoms with Crippen LogP contribution in [0.15, 0.2) is 267 Å². The first-order valence-electron chi connectivity index (χ1n) is 24.0. The number of nitrogens with zero attached hydrogens (tertiary/aromatic N) is 4. The normalized spacial score (nSPS) is 12.2. The Labute approximate surface area is 407 Å². The lowest BCUT2D eigenvalue weighted by molar-refractivity contribution is 1.24. The molecule has 0 spiro atoms. The molecule has 0 atom stereocenters. The van der Waals surface area contributed by atoms with E-state index < -0.39 is 0 Å². The molecule has 2 aliphatic rings. The minimum atomic E-state index is 1.09. The molecular formula is C66H44N4. The molecule has 0 saturated carbocycles. The van der Waals surface area contributed by atoms with Gasteiger partial charge in [-0.05, 0) is 119 Å². The van der Waals surface area contributed by atoms with Gasteiger partial charge in [0.1, 0.15) is 0 Å². The zero-order chi connectivity index (χ0) is 46.1. The summed E-state index contributed by atoms with van der Waals surface area (Å²) in [5.41, 5.74) is 18.3. The van der Waals surface area contributed by atoms with Crippen molar-refractivity contribution in [1.82, 2.24) is 0 Å². The summed E-state index contributed by atoms with van der Waals surface area (Å²) in [5, 5.41) is 7.28.